The number of Topliss-reactive ketones (excluding diaryl/α,β-unsaturated/α-hetero) is 1. The van der Waals surface area contributed by atoms with Crippen molar-refractivity contribution in [1.82, 2.24) is 0 Å². The number of ketones is 1. The van der Waals surface area contributed by atoms with Crippen LogP contribution >= 0.6 is 0 Å². The minimum atomic E-state index is -0.283. The summed E-state index contributed by atoms with van der Waals surface area (Å²) in [6.07, 6.45) is 8.18. The van der Waals surface area contributed by atoms with Gasteiger partial charge in [-0.2, -0.15) is 0 Å². The highest BCUT2D eigenvalue weighted by atomic mass is 16.2. The molecule has 0 spiro atoms. The number of fused-ring (bicyclic) bond motifs is 1. The average molecular weight is 493 g/mol. The van der Waals surface area contributed by atoms with Crippen molar-refractivity contribution < 1.29 is 9.59 Å². The molecule has 4 nitrogen and oxygen atoms in total. The number of rotatable bonds is 10. The van der Waals surface area contributed by atoms with E-state index in [1.807, 2.05) is 75.4 Å². The molecule has 3 aromatic rings. The Hall–Kier alpha value is -4.05. The number of aliphatic imine (C=N–C) groups is 1. The highest BCUT2D eigenvalue weighted by Gasteiger charge is 2.21. The minimum absolute atomic E-state index is 0.243. The molecule has 0 aliphatic carbocycles. The zero-order valence-electron chi connectivity index (χ0n) is 22.5. The Morgan fingerprint density at radius 1 is 0.892 bits per heavy atom. The topological polar surface area (TPSA) is 49.7 Å². The predicted molar refractivity (Wildman–Crippen MR) is 157 cm³/mol. The fourth-order valence-electron chi connectivity index (χ4n) is 3.87. The molecule has 37 heavy (non-hydrogen) atoms. The summed E-state index contributed by atoms with van der Waals surface area (Å²) in [4.78, 5) is 32.3. The molecule has 0 bridgehead atoms. The van der Waals surface area contributed by atoms with Crippen LogP contribution in [0.25, 0.3) is 16.8 Å². The van der Waals surface area contributed by atoms with Gasteiger partial charge in [-0.25, -0.2) is 0 Å². The van der Waals surface area contributed by atoms with Crippen LogP contribution in [0.2, 0.25) is 0 Å². The maximum absolute atomic E-state index is 13.5. The van der Waals surface area contributed by atoms with Crippen molar-refractivity contribution >= 4 is 39.9 Å². The van der Waals surface area contributed by atoms with Crippen LogP contribution in [0, 0.1) is 0 Å². The zero-order valence-corrected chi connectivity index (χ0v) is 22.5. The molecule has 4 heteroatoms. The van der Waals surface area contributed by atoms with Crippen molar-refractivity contribution in [3.63, 3.8) is 0 Å². The first-order chi connectivity index (χ1) is 17.8. The van der Waals surface area contributed by atoms with Crippen LogP contribution in [0.5, 0.6) is 0 Å². The van der Waals surface area contributed by atoms with Gasteiger partial charge in [0, 0.05) is 11.9 Å². The predicted octanol–water partition coefficient (Wildman–Crippen LogP) is 8.09. The lowest BCUT2D eigenvalue weighted by Crippen LogP contribution is -2.33. The highest BCUT2D eigenvalue weighted by Crippen LogP contribution is 2.23. The number of benzene rings is 3. The second kappa shape index (κ2) is 13.3. The molecule has 0 aromatic heterocycles. The van der Waals surface area contributed by atoms with Crippen LogP contribution < -0.4 is 4.90 Å². The number of carbonyl (C=O) groups is 2. The summed E-state index contributed by atoms with van der Waals surface area (Å²) in [5.74, 6) is -0.539. The van der Waals surface area contributed by atoms with Gasteiger partial charge in [-0.1, -0.05) is 78.8 Å². The van der Waals surface area contributed by atoms with E-state index in [0.717, 1.165) is 34.0 Å². The Kier molecular flexibility index (Phi) is 9.91. The lowest BCUT2D eigenvalue weighted by molar-refractivity contribution is -0.123. The summed E-state index contributed by atoms with van der Waals surface area (Å²) >= 11 is 0. The van der Waals surface area contributed by atoms with E-state index >= 15 is 0 Å². The lowest BCUT2D eigenvalue weighted by atomic mass is 10.1. The first-order valence-electron chi connectivity index (χ1n) is 12.7. The summed E-state index contributed by atoms with van der Waals surface area (Å²) in [6, 6.07) is 22.2. The first kappa shape index (κ1) is 27.5. The number of nitrogens with zero attached hydrogens (tertiary/aromatic N) is 2. The number of allylic oxidation sites excluding steroid dienone is 4. The van der Waals surface area contributed by atoms with Crippen molar-refractivity contribution in [3.8, 4) is 0 Å². The van der Waals surface area contributed by atoms with E-state index in [1.54, 1.807) is 18.0 Å². The fraction of sp³-hybridized carbons (Fsp3) is 0.242. The van der Waals surface area contributed by atoms with Gasteiger partial charge in [-0.3, -0.25) is 14.6 Å². The van der Waals surface area contributed by atoms with Crippen LogP contribution in [-0.2, 0) is 16.1 Å². The third-order valence-corrected chi connectivity index (χ3v) is 6.10. The number of hydrogen-bond donors (Lipinski definition) is 0. The van der Waals surface area contributed by atoms with Gasteiger partial charge >= 0.3 is 0 Å². The third-order valence-electron chi connectivity index (χ3n) is 6.10. The summed E-state index contributed by atoms with van der Waals surface area (Å²) in [5.41, 5.74) is 5.48. The molecule has 1 amide bonds. The molecule has 0 aliphatic heterocycles. The number of carbonyl (C=O) groups excluding carboxylic acids is 2. The van der Waals surface area contributed by atoms with Crippen LogP contribution in [-0.4, -0.2) is 17.4 Å². The van der Waals surface area contributed by atoms with Crippen LogP contribution in [0.15, 0.2) is 101 Å². The summed E-state index contributed by atoms with van der Waals surface area (Å²) in [5, 5.41) is 2.26. The van der Waals surface area contributed by atoms with Crippen molar-refractivity contribution in [2.45, 2.75) is 54.0 Å². The van der Waals surface area contributed by atoms with Gasteiger partial charge in [0.2, 0.25) is 5.91 Å². The summed E-state index contributed by atoms with van der Waals surface area (Å²) in [6.45, 7) is 10.2. The SMILES string of the molecule is CC/C(C)=C/C=C\N=C(C)C(=O)CC(=O)N(Cc1ccc2ccccc2c1)c1cccc(C=C(C)C)c1. The first-order valence-corrected chi connectivity index (χ1v) is 12.7. The molecule has 3 aromatic carbocycles. The molecule has 3 rings (SSSR count). The van der Waals surface area contributed by atoms with Gasteiger partial charge in [-0.15, -0.1) is 0 Å². The minimum Gasteiger partial charge on any atom is -0.308 e. The Morgan fingerprint density at radius 2 is 1.65 bits per heavy atom. The van der Waals surface area contributed by atoms with Crippen molar-refractivity contribution in [2.75, 3.05) is 4.90 Å². The summed E-state index contributed by atoms with van der Waals surface area (Å²) < 4.78 is 0. The van der Waals surface area contributed by atoms with Gasteiger partial charge in [0.05, 0.1) is 18.7 Å². The molecule has 0 unspecified atom stereocenters. The smallest absolute Gasteiger partial charge is 0.235 e. The Labute approximate surface area is 220 Å². The van der Waals surface area contributed by atoms with E-state index in [9.17, 15) is 9.59 Å². The Balaban J connectivity index is 1.88. The molecule has 0 fully saturated rings. The summed E-state index contributed by atoms with van der Waals surface area (Å²) in [7, 11) is 0. The number of amides is 1. The Bertz CT molecular complexity index is 1390. The van der Waals surface area contributed by atoms with Gasteiger partial charge in [0.25, 0.3) is 0 Å². The van der Waals surface area contributed by atoms with Crippen LogP contribution in [0.4, 0.5) is 5.69 Å². The molecule has 0 radical (unpaired) electrons. The van der Waals surface area contributed by atoms with E-state index in [4.69, 9.17) is 0 Å². The third kappa shape index (κ3) is 8.25. The van der Waals surface area contributed by atoms with E-state index in [2.05, 4.69) is 42.3 Å². The maximum Gasteiger partial charge on any atom is 0.235 e. The molecule has 0 heterocycles. The molecule has 0 atom stereocenters. The van der Waals surface area contributed by atoms with Crippen LogP contribution in [0.3, 0.4) is 0 Å². The molecular weight excluding hydrogens is 456 g/mol. The van der Waals surface area contributed by atoms with Gasteiger partial charge in [0.15, 0.2) is 5.78 Å². The second-order valence-electron chi connectivity index (χ2n) is 9.50. The molecule has 0 saturated heterocycles. The Morgan fingerprint density at radius 3 is 2.38 bits per heavy atom. The molecule has 0 N–H and O–H groups in total. The van der Waals surface area contributed by atoms with Gasteiger partial charge in [-0.05, 0) is 80.3 Å². The van der Waals surface area contributed by atoms with E-state index < -0.39 is 0 Å². The van der Waals surface area contributed by atoms with Crippen molar-refractivity contribution in [1.29, 1.82) is 0 Å². The standard InChI is InChI=1S/C33H36N2O2/c1-6-25(4)11-10-18-34-26(5)32(36)22-33(37)35(31-15-9-12-27(21-31)19-24(2)3)23-28-16-17-29-13-7-8-14-30(29)20-28/h7-21H,6,22-23H2,1-5H3/b18-10-,25-11+,34-26?. The van der Waals surface area contributed by atoms with Gasteiger partial charge in [0.1, 0.15) is 0 Å². The zero-order chi connectivity index (χ0) is 26.8. The van der Waals surface area contributed by atoms with Crippen molar-refractivity contribution in [2.24, 2.45) is 4.99 Å². The number of hydrogen-bond acceptors (Lipinski definition) is 3. The maximum atomic E-state index is 13.5. The van der Waals surface area contributed by atoms with E-state index in [-0.39, 0.29) is 18.1 Å². The molecule has 0 saturated carbocycles. The monoisotopic (exact) mass is 492 g/mol. The fourth-order valence-corrected chi connectivity index (χ4v) is 3.87. The quantitative estimate of drug-likeness (QED) is 0.163. The molecule has 0 aliphatic rings. The average Bonchev–Trinajstić information content (AvgIpc) is 2.88. The molecule has 190 valence electrons. The van der Waals surface area contributed by atoms with Gasteiger partial charge < -0.3 is 4.90 Å². The lowest BCUT2D eigenvalue weighted by Gasteiger charge is -2.23. The number of anilines is 1. The van der Waals surface area contributed by atoms with Crippen molar-refractivity contribution in [3.05, 3.63) is 107 Å². The second-order valence-corrected chi connectivity index (χ2v) is 9.50. The van der Waals surface area contributed by atoms with E-state index in [1.165, 1.54) is 11.1 Å². The largest absolute Gasteiger partial charge is 0.308 e. The highest BCUT2D eigenvalue weighted by molar-refractivity contribution is 6.42. The van der Waals surface area contributed by atoms with E-state index in [0.29, 0.717) is 12.3 Å². The molecular formula is C33H36N2O2. The van der Waals surface area contributed by atoms with Crippen LogP contribution in [0.1, 0.15) is 58.6 Å². The normalized spacial score (nSPS) is 12.1.